The molecule has 0 N–H and O–H groups in total. The van der Waals surface area contributed by atoms with E-state index in [-0.39, 0.29) is 7.92 Å². The molecule has 0 spiro atoms. The van der Waals surface area contributed by atoms with Gasteiger partial charge in [0.1, 0.15) is 5.78 Å². The molecule has 3 unspecified atom stereocenters. The first-order valence-electron chi connectivity index (χ1n) is 7.68. The van der Waals surface area contributed by atoms with Gasteiger partial charge in [-0.25, -0.2) is 0 Å². The van der Waals surface area contributed by atoms with Crippen LogP contribution in [0.5, 0.6) is 0 Å². The van der Waals surface area contributed by atoms with Gasteiger partial charge in [-0.05, 0) is 43.2 Å². The summed E-state index contributed by atoms with van der Waals surface area (Å²) >= 11 is 0. The molecule has 2 bridgehead atoms. The molecule has 0 aromatic rings. The maximum Gasteiger partial charge on any atom is 0.136 e. The van der Waals surface area contributed by atoms with E-state index in [1.165, 1.54) is 37.7 Å². The van der Waals surface area contributed by atoms with Gasteiger partial charge >= 0.3 is 0 Å². The number of hydrogen-bond acceptors (Lipinski definition) is 1. The standard InChI is InChI=1S/C16H27OP/c1-3-8-18(9-4-2)10-7-16(17)15-12-13-5-6-14(15)11-13/h5-6,13-15H,3-4,7-12H2,1-2H3. The zero-order valence-electron chi connectivity index (χ0n) is 11.9. The molecule has 102 valence electrons. The molecule has 0 amide bonds. The van der Waals surface area contributed by atoms with Crippen LogP contribution in [0.4, 0.5) is 0 Å². The molecule has 3 atom stereocenters. The lowest BCUT2D eigenvalue weighted by molar-refractivity contribution is -0.123. The lowest BCUT2D eigenvalue weighted by Gasteiger charge is -2.19. The van der Waals surface area contributed by atoms with Crippen LogP contribution in [0.15, 0.2) is 12.2 Å². The third-order valence-corrected chi connectivity index (χ3v) is 7.46. The van der Waals surface area contributed by atoms with Gasteiger partial charge in [0.2, 0.25) is 0 Å². The smallest absolute Gasteiger partial charge is 0.136 e. The van der Waals surface area contributed by atoms with Gasteiger partial charge in [0.25, 0.3) is 0 Å². The van der Waals surface area contributed by atoms with Crippen molar-refractivity contribution in [1.82, 2.24) is 0 Å². The molecule has 2 heteroatoms. The van der Waals surface area contributed by atoms with E-state index in [0.717, 1.165) is 18.8 Å². The highest BCUT2D eigenvalue weighted by Crippen LogP contribution is 2.45. The molecule has 1 saturated carbocycles. The number of hydrogen-bond donors (Lipinski definition) is 0. The molecule has 2 aliphatic rings. The number of allylic oxidation sites excluding steroid dienone is 2. The Hall–Kier alpha value is -0.160. The Morgan fingerprint density at radius 1 is 1.11 bits per heavy atom. The first kappa shape index (κ1) is 14.3. The number of ketones is 1. The Balaban J connectivity index is 1.75. The third kappa shape index (κ3) is 3.44. The molecule has 2 aliphatic carbocycles. The van der Waals surface area contributed by atoms with Gasteiger partial charge in [-0.2, -0.15) is 0 Å². The fraction of sp³-hybridized carbons (Fsp3) is 0.812. The van der Waals surface area contributed by atoms with Crippen molar-refractivity contribution in [3.8, 4) is 0 Å². The molecule has 0 radical (unpaired) electrons. The Labute approximate surface area is 113 Å². The summed E-state index contributed by atoms with van der Waals surface area (Å²) < 4.78 is 0. The quantitative estimate of drug-likeness (QED) is 0.468. The maximum absolute atomic E-state index is 12.3. The van der Waals surface area contributed by atoms with Gasteiger partial charge in [-0.1, -0.05) is 38.8 Å². The van der Waals surface area contributed by atoms with Gasteiger partial charge in [0, 0.05) is 12.3 Å². The summed E-state index contributed by atoms with van der Waals surface area (Å²) in [4.78, 5) is 12.3. The average molecular weight is 266 g/mol. The van der Waals surface area contributed by atoms with Crippen molar-refractivity contribution >= 4 is 13.7 Å². The monoisotopic (exact) mass is 266 g/mol. The molecule has 1 nitrogen and oxygen atoms in total. The fourth-order valence-electron chi connectivity index (χ4n) is 3.57. The van der Waals surface area contributed by atoms with Gasteiger partial charge in [0.15, 0.2) is 0 Å². The van der Waals surface area contributed by atoms with E-state index in [2.05, 4.69) is 26.0 Å². The van der Waals surface area contributed by atoms with Crippen molar-refractivity contribution in [1.29, 1.82) is 0 Å². The van der Waals surface area contributed by atoms with Gasteiger partial charge < -0.3 is 0 Å². The summed E-state index contributed by atoms with van der Waals surface area (Å²) in [7, 11) is 0.146. The molecular weight excluding hydrogens is 239 g/mol. The van der Waals surface area contributed by atoms with E-state index in [4.69, 9.17) is 0 Å². The van der Waals surface area contributed by atoms with Crippen LogP contribution in [0.3, 0.4) is 0 Å². The third-order valence-electron chi connectivity index (χ3n) is 4.45. The summed E-state index contributed by atoms with van der Waals surface area (Å²) in [6, 6.07) is 0. The van der Waals surface area contributed by atoms with Crippen LogP contribution < -0.4 is 0 Å². The topological polar surface area (TPSA) is 17.1 Å². The highest BCUT2D eigenvalue weighted by molar-refractivity contribution is 7.57. The maximum atomic E-state index is 12.3. The summed E-state index contributed by atoms with van der Waals surface area (Å²) in [6.45, 7) is 4.54. The van der Waals surface area contributed by atoms with Crippen LogP contribution in [-0.4, -0.2) is 24.3 Å². The minimum absolute atomic E-state index is 0.146. The van der Waals surface area contributed by atoms with Crippen molar-refractivity contribution < 1.29 is 4.79 Å². The number of carbonyl (C=O) groups excluding carboxylic acids is 1. The summed E-state index contributed by atoms with van der Waals surface area (Å²) in [6.07, 6.45) is 14.4. The highest BCUT2D eigenvalue weighted by atomic mass is 31.1. The Morgan fingerprint density at radius 3 is 2.33 bits per heavy atom. The van der Waals surface area contributed by atoms with E-state index in [9.17, 15) is 4.79 Å². The minimum Gasteiger partial charge on any atom is -0.299 e. The van der Waals surface area contributed by atoms with Crippen LogP contribution in [0.1, 0.15) is 46.0 Å². The van der Waals surface area contributed by atoms with Crippen molar-refractivity contribution in [3.63, 3.8) is 0 Å². The van der Waals surface area contributed by atoms with E-state index in [0.29, 0.717) is 17.6 Å². The number of fused-ring (bicyclic) bond motifs is 2. The van der Waals surface area contributed by atoms with Gasteiger partial charge in [0.05, 0.1) is 0 Å². The van der Waals surface area contributed by atoms with Crippen LogP contribution >= 0.6 is 7.92 Å². The van der Waals surface area contributed by atoms with Crippen LogP contribution in [-0.2, 0) is 4.79 Å². The van der Waals surface area contributed by atoms with Crippen molar-refractivity contribution in [3.05, 3.63) is 12.2 Å². The molecule has 2 rings (SSSR count). The number of rotatable bonds is 8. The van der Waals surface area contributed by atoms with Crippen molar-refractivity contribution in [2.45, 2.75) is 46.0 Å². The average Bonchev–Trinajstić information content (AvgIpc) is 2.98. The Kier molecular flexibility index (Phi) is 5.42. The second kappa shape index (κ2) is 6.85. The summed E-state index contributed by atoms with van der Waals surface area (Å²) in [5.74, 6) is 2.30. The van der Waals surface area contributed by atoms with Crippen LogP contribution in [0, 0.1) is 17.8 Å². The lowest BCUT2D eigenvalue weighted by atomic mass is 9.89. The molecule has 0 aliphatic heterocycles. The van der Waals surface area contributed by atoms with Gasteiger partial charge in [-0.3, -0.25) is 4.79 Å². The normalized spacial score (nSPS) is 29.4. The van der Waals surface area contributed by atoms with Gasteiger partial charge in [-0.15, -0.1) is 7.92 Å². The first-order chi connectivity index (χ1) is 8.74. The predicted octanol–water partition coefficient (Wildman–Crippen LogP) is 4.46. The highest BCUT2D eigenvalue weighted by Gasteiger charge is 2.39. The van der Waals surface area contributed by atoms with Crippen molar-refractivity contribution in [2.24, 2.45) is 17.8 Å². The van der Waals surface area contributed by atoms with E-state index < -0.39 is 0 Å². The summed E-state index contributed by atoms with van der Waals surface area (Å²) in [5, 5.41) is 0. The van der Waals surface area contributed by atoms with E-state index in [1.807, 2.05) is 0 Å². The lowest BCUT2D eigenvalue weighted by Crippen LogP contribution is -2.19. The predicted molar refractivity (Wildman–Crippen MR) is 80.6 cm³/mol. The fourth-order valence-corrected chi connectivity index (χ4v) is 6.04. The van der Waals surface area contributed by atoms with Crippen LogP contribution in [0.25, 0.3) is 0 Å². The molecule has 0 saturated heterocycles. The molecule has 0 aromatic carbocycles. The van der Waals surface area contributed by atoms with Crippen molar-refractivity contribution in [2.75, 3.05) is 18.5 Å². The zero-order chi connectivity index (χ0) is 13.0. The Bertz CT molecular complexity index is 304. The Morgan fingerprint density at radius 2 is 1.83 bits per heavy atom. The first-order valence-corrected chi connectivity index (χ1v) is 9.57. The van der Waals surface area contributed by atoms with Crippen LogP contribution in [0.2, 0.25) is 0 Å². The van der Waals surface area contributed by atoms with E-state index in [1.54, 1.807) is 0 Å². The minimum atomic E-state index is 0.146. The largest absolute Gasteiger partial charge is 0.299 e. The molecular formula is C16H27OP. The second-order valence-corrected chi connectivity index (χ2v) is 8.63. The SMILES string of the molecule is CCCP(CCC)CCC(=O)C1CC2C=CC1C2. The molecule has 0 heterocycles. The number of Topliss-reactive ketones (excluding diaryl/α,β-unsaturated/α-hetero) is 1. The zero-order valence-corrected chi connectivity index (χ0v) is 12.8. The summed E-state index contributed by atoms with van der Waals surface area (Å²) in [5.41, 5.74) is 0. The molecule has 1 fully saturated rings. The second-order valence-electron chi connectivity index (χ2n) is 5.94. The van der Waals surface area contributed by atoms with E-state index >= 15 is 0 Å². The number of carbonyl (C=O) groups is 1. The molecule has 0 aromatic heterocycles. The molecule has 18 heavy (non-hydrogen) atoms.